The Balaban J connectivity index is 1.62. The van der Waals surface area contributed by atoms with E-state index in [1.807, 2.05) is 32.2 Å². The summed E-state index contributed by atoms with van der Waals surface area (Å²) < 4.78 is 5.04. The number of carbonyl (C=O) groups excluding carboxylic acids is 1. The van der Waals surface area contributed by atoms with Gasteiger partial charge in [-0.15, -0.1) is 0 Å². The number of aryl methyl sites for hydroxylation is 1. The molecule has 1 saturated heterocycles. The summed E-state index contributed by atoms with van der Waals surface area (Å²) in [6, 6.07) is 12.0. The van der Waals surface area contributed by atoms with Crippen molar-refractivity contribution in [2.24, 2.45) is 0 Å². The molecule has 2 heterocycles. The average molecular weight is 314 g/mol. The minimum absolute atomic E-state index is 0.166. The predicted molar refractivity (Wildman–Crippen MR) is 89.7 cm³/mol. The van der Waals surface area contributed by atoms with Crippen molar-refractivity contribution in [3.05, 3.63) is 42.1 Å². The van der Waals surface area contributed by atoms with E-state index >= 15 is 0 Å². The number of amides is 2. The van der Waals surface area contributed by atoms with Crippen LogP contribution in [-0.4, -0.2) is 42.3 Å². The molecule has 2 amide bonds. The molecule has 1 fully saturated rings. The van der Waals surface area contributed by atoms with E-state index in [2.05, 4.69) is 27.5 Å². The molecule has 0 bridgehead atoms. The van der Waals surface area contributed by atoms with Gasteiger partial charge < -0.3 is 14.3 Å². The molecule has 2 aromatic rings. The molecular formula is C17H22N4O2. The maximum atomic E-state index is 12.4. The molecule has 0 spiro atoms. The number of nitrogens with zero attached hydrogens (tertiary/aromatic N) is 3. The molecule has 1 N–H and O–H groups in total. The van der Waals surface area contributed by atoms with Gasteiger partial charge in [-0.1, -0.05) is 23.4 Å². The Morgan fingerprint density at radius 2 is 2.17 bits per heavy atom. The van der Waals surface area contributed by atoms with E-state index in [0.717, 1.165) is 31.6 Å². The van der Waals surface area contributed by atoms with Gasteiger partial charge in [0.25, 0.3) is 0 Å². The standard InChI is InChI=1S/C17H22N4O2/c1-13-11-16(23-19-13)18-17(22)20(2)15-9-6-10-21(12-15)14-7-4-3-5-8-14/h3-5,7-8,11,15H,6,9-10,12H2,1-2H3,(H,18,22). The van der Waals surface area contributed by atoms with Gasteiger partial charge in [0, 0.05) is 31.9 Å². The van der Waals surface area contributed by atoms with Gasteiger partial charge >= 0.3 is 6.03 Å². The predicted octanol–water partition coefficient (Wildman–Crippen LogP) is 3.12. The van der Waals surface area contributed by atoms with E-state index in [0.29, 0.717) is 5.88 Å². The van der Waals surface area contributed by atoms with Crippen LogP contribution < -0.4 is 10.2 Å². The van der Waals surface area contributed by atoms with Crippen molar-refractivity contribution in [1.29, 1.82) is 0 Å². The Kier molecular flexibility index (Phi) is 4.50. The highest BCUT2D eigenvalue weighted by Crippen LogP contribution is 2.22. The van der Waals surface area contributed by atoms with E-state index in [1.54, 1.807) is 11.0 Å². The molecule has 6 nitrogen and oxygen atoms in total. The quantitative estimate of drug-likeness (QED) is 0.945. The number of piperidine rings is 1. The summed E-state index contributed by atoms with van der Waals surface area (Å²) in [5.41, 5.74) is 1.95. The van der Waals surface area contributed by atoms with E-state index in [9.17, 15) is 4.79 Å². The van der Waals surface area contributed by atoms with Crippen LogP contribution in [0.3, 0.4) is 0 Å². The molecule has 0 aliphatic carbocycles. The SMILES string of the molecule is Cc1cc(NC(=O)N(C)C2CCCN(c3ccccc3)C2)on1. The van der Waals surface area contributed by atoms with Crippen LogP contribution in [0.15, 0.2) is 40.9 Å². The fraction of sp³-hybridized carbons (Fsp3) is 0.412. The molecule has 23 heavy (non-hydrogen) atoms. The lowest BCUT2D eigenvalue weighted by molar-refractivity contribution is 0.195. The number of para-hydroxylation sites is 1. The first kappa shape index (κ1) is 15.4. The molecule has 1 atom stereocenters. The van der Waals surface area contributed by atoms with E-state index in [-0.39, 0.29) is 12.1 Å². The van der Waals surface area contributed by atoms with E-state index in [4.69, 9.17) is 4.52 Å². The molecule has 1 aliphatic heterocycles. The number of hydrogen-bond donors (Lipinski definition) is 1. The van der Waals surface area contributed by atoms with Crippen LogP contribution in [0.5, 0.6) is 0 Å². The van der Waals surface area contributed by atoms with Crippen molar-refractivity contribution in [2.75, 3.05) is 30.4 Å². The summed E-state index contributed by atoms with van der Waals surface area (Å²) in [6.07, 6.45) is 2.07. The Bertz CT molecular complexity index is 656. The monoisotopic (exact) mass is 314 g/mol. The Hall–Kier alpha value is -2.50. The number of anilines is 2. The number of rotatable bonds is 3. The lowest BCUT2D eigenvalue weighted by atomic mass is 10.0. The van der Waals surface area contributed by atoms with Crippen molar-refractivity contribution in [2.45, 2.75) is 25.8 Å². The molecule has 1 aromatic heterocycles. The number of aromatic nitrogens is 1. The first-order valence-corrected chi connectivity index (χ1v) is 7.90. The topological polar surface area (TPSA) is 61.6 Å². The second-order valence-electron chi connectivity index (χ2n) is 5.95. The molecule has 1 unspecified atom stereocenters. The minimum Gasteiger partial charge on any atom is -0.369 e. The first-order chi connectivity index (χ1) is 11.1. The summed E-state index contributed by atoms with van der Waals surface area (Å²) in [7, 11) is 1.83. The van der Waals surface area contributed by atoms with Gasteiger partial charge in [0.05, 0.1) is 11.7 Å². The smallest absolute Gasteiger partial charge is 0.324 e. The lowest BCUT2D eigenvalue weighted by Crippen LogP contribution is -2.49. The number of carbonyl (C=O) groups is 1. The van der Waals surface area contributed by atoms with Gasteiger partial charge in [0.2, 0.25) is 5.88 Å². The largest absolute Gasteiger partial charge is 0.369 e. The van der Waals surface area contributed by atoms with Gasteiger partial charge in [0.1, 0.15) is 0 Å². The Labute approximate surface area is 136 Å². The van der Waals surface area contributed by atoms with Crippen LogP contribution in [-0.2, 0) is 0 Å². The maximum absolute atomic E-state index is 12.4. The highest BCUT2D eigenvalue weighted by atomic mass is 16.5. The zero-order valence-electron chi connectivity index (χ0n) is 13.5. The van der Waals surface area contributed by atoms with Crippen molar-refractivity contribution in [1.82, 2.24) is 10.1 Å². The summed E-state index contributed by atoms with van der Waals surface area (Å²) in [4.78, 5) is 16.5. The number of urea groups is 1. The number of hydrogen-bond acceptors (Lipinski definition) is 4. The second kappa shape index (κ2) is 6.73. The molecule has 3 rings (SSSR count). The molecule has 6 heteroatoms. The van der Waals surface area contributed by atoms with E-state index in [1.165, 1.54) is 5.69 Å². The molecule has 1 aliphatic rings. The van der Waals surface area contributed by atoms with Crippen molar-refractivity contribution < 1.29 is 9.32 Å². The molecular weight excluding hydrogens is 292 g/mol. The van der Waals surface area contributed by atoms with E-state index < -0.39 is 0 Å². The zero-order valence-corrected chi connectivity index (χ0v) is 13.5. The highest BCUT2D eigenvalue weighted by molar-refractivity contribution is 5.88. The third-order valence-electron chi connectivity index (χ3n) is 4.24. The minimum atomic E-state index is -0.166. The van der Waals surface area contributed by atoms with Gasteiger partial charge in [-0.25, -0.2) is 4.79 Å². The Morgan fingerprint density at radius 1 is 1.39 bits per heavy atom. The molecule has 0 radical (unpaired) electrons. The zero-order chi connectivity index (χ0) is 16.2. The van der Waals surface area contributed by atoms with Gasteiger partial charge in [-0.3, -0.25) is 5.32 Å². The number of benzene rings is 1. The van der Waals surface area contributed by atoms with Gasteiger partial charge in [0.15, 0.2) is 0 Å². The summed E-state index contributed by atoms with van der Waals surface area (Å²) in [5.74, 6) is 0.384. The van der Waals surface area contributed by atoms with Crippen molar-refractivity contribution >= 4 is 17.6 Å². The van der Waals surface area contributed by atoms with Crippen LogP contribution in [0, 0.1) is 6.92 Å². The van der Waals surface area contributed by atoms with Crippen LogP contribution in [0.2, 0.25) is 0 Å². The highest BCUT2D eigenvalue weighted by Gasteiger charge is 2.26. The van der Waals surface area contributed by atoms with Gasteiger partial charge in [-0.05, 0) is 31.9 Å². The van der Waals surface area contributed by atoms with Crippen molar-refractivity contribution in [3.8, 4) is 0 Å². The lowest BCUT2D eigenvalue weighted by Gasteiger charge is -2.38. The average Bonchev–Trinajstić information content (AvgIpc) is 3.00. The normalized spacial score (nSPS) is 17.8. The van der Waals surface area contributed by atoms with Gasteiger partial charge in [-0.2, -0.15) is 0 Å². The number of likely N-dealkylation sites (N-methyl/N-ethyl adjacent to an activating group) is 1. The van der Waals surface area contributed by atoms with Crippen LogP contribution in [0.25, 0.3) is 0 Å². The van der Waals surface area contributed by atoms with Crippen LogP contribution >= 0.6 is 0 Å². The van der Waals surface area contributed by atoms with Crippen molar-refractivity contribution in [3.63, 3.8) is 0 Å². The summed E-state index contributed by atoms with van der Waals surface area (Å²) >= 11 is 0. The molecule has 122 valence electrons. The third-order valence-corrected chi connectivity index (χ3v) is 4.24. The third kappa shape index (κ3) is 3.64. The fourth-order valence-corrected chi connectivity index (χ4v) is 2.93. The fourth-order valence-electron chi connectivity index (χ4n) is 2.93. The van der Waals surface area contributed by atoms with Crippen LogP contribution in [0.1, 0.15) is 18.5 Å². The first-order valence-electron chi connectivity index (χ1n) is 7.90. The number of nitrogens with one attached hydrogen (secondary N) is 1. The maximum Gasteiger partial charge on any atom is 0.324 e. The second-order valence-corrected chi connectivity index (χ2v) is 5.95. The molecule has 0 saturated carbocycles. The Morgan fingerprint density at radius 3 is 2.87 bits per heavy atom. The molecule has 1 aromatic carbocycles. The van der Waals surface area contributed by atoms with Crippen LogP contribution in [0.4, 0.5) is 16.4 Å². The summed E-state index contributed by atoms with van der Waals surface area (Å²) in [6.45, 7) is 3.68. The summed E-state index contributed by atoms with van der Waals surface area (Å²) in [5, 5.41) is 6.53.